The van der Waals surface area contributed by atoms with E-state index < -0.39 is 17.3 Å². The second-order valence-corrected chi connectivity index (χ2v) is 11.9. The normalized spacial score (nSPS) is 17.3. The number of hydrogen-bond donors (Lipinski definition) is 0. The number of piperazine rings is 1. The highest BCUT2D eigenvalue weighted by atomic mass is 19.1. The van der Waals surface area contributed by atoms with E-state index in [9.17, 15) is 9.59 Å². The molecule has 9 nitrogen and oxygen atoms in total. The van der Waals surface area contributed by atoms with Gasteiger partial charge in [-0.1, -0.05) is 32.6 Å². The van der Waals surface area contributed by atoms with Gasteiger partial charge in [0.1, 0.15) is 23.1 Å². The molecule has 4 aromatic rings. The monoisotopic (exact) mass is 599 g/mol. The van der Waals surface area contributed by atoms with Crippen LogP contribution in [-0.4, -0.2) is 74.5 Å². The van der Waals surface area contributed by atoms with Gasteiger partial charge < -0.3 is 14.7 Å². The Kier molecular flexibility index (Phi) is 7.75. The number of amides is 1. The van der Waals surface area contributed by atoms with Crippen LogP contribution in [0.4, 0.5) is 14.6 Å². The van der Waals surface area contributed by atoms with E-state index in [0.717, 1.165) is 5.56 Å². The van der Waals surface area contributed by atoms with Crippen molar-refractivity contribution in [3.63, 3.8) is 0 Å². The number of anilines is 1. The Hall–Kier alpha value is -4.51. The maximum absolute atomic E-state index is 16.2. The predicted octanol–water partition coefficient (Wildman–Crippen LogP) is 4.46. The van der Waals surface area contributed by atoms with Crippen molar-refractivity contribution in [2.24, 2.45) is 0 Å². The molecule has 2 bridgehead atoms. The molecule has 5 heterocycles. The van der Waals surface area contributed by atoms with Crippen molar-refractivity contribution in [3.8, 4) is 16.9 Å². The number of pyridine rings is 2. The van der Waals surface area contributed by atoms with Crippen molar-refractivity contribution in [1.82, 2.24) is 29.3 Å². The fraction of sp³-hybridized carbons (Fsp3) is 0.364. The van der Waals surface area contributed by atoms with Gasteiger partial charge in [-0.05, 0) is 61.7 Å². The number of carbonyl (C=O) groups is 1. The summed E-state index contributed by atoms with van der Waals surface area (Å²) in [6, 6.07) is 7.64. The first kappa shape index (κ1) is 29.6. The van der Waals surface area contributed by atoms with Gasteiger partial charge in [-0.2, -0.15) is 4.98 Å². The summed E-state index contributed by atoms with van der Waals surface area (Å²) in [7, 11) is 1.93. The molecule has 0 unspecified atom stereocenters. The largest absolute Gasteiger partial charge is 0.355 e. The van der Waals surface area contributed by atoms with Gasteiger partial charge in [-0.25, -0.2) is 23.1 Å². The predicted molar refractivity (Wildman–Crippen MR) is 166 cm³/mol. The molecule has 3 aromatic heterocycles. The molecule has 0 saturated carbocycles. The van der Waals surface area contributed by atoms with E-state index in [2.05, 4.69) is 16.5 Å². The van der Waals surface area contributed by atoms with Gasteiger partial charge in [0.15, 0.2) is 5.65 Å². The highest BCUT2D eigenvalue weighted by Crippen LogP contribution is 2.36. The Morgan fingerprint density at radius 1 is 1.09 bits per heavy atom. The molecular formula is C33H35F2N7O2. The fourth-order valence-corrected chi connectivity index (χ4v) is 6.34. The lowest BCUT2D eigenvalue weighted by Gasteiger charge is -2.40. The van der Waals surface area contributed by atoms with Crippen LogP contribution >= 0.6 is 0 Å². The second kappa shape index (κ2) is 11.5. The molecule has 2 aliphatic rings. The molecule has 1 amide bonds. The summed E-state index contributed by atoms with van der Waals surface area (Å²) in [6.07, 6.45) is 3.60. The standard InChI is InChI=1S/C33H35F2N7O2/c1-6-26(43)40-14-15-41(20(4)17-40)31-23-16-25(35)29-27-22(8-7-9-24(27)34)18-39(5)13-11-21-10-12-36-28(19(2)3)30(21)42(32(23)37-29)33(44)38-31/h6-10,12,16,19-20H,1,11,13-15,17-18H2,2-5H3/t20-/m0/s1. The SMILES string of the molecule is C=CC(=O)N1CCN(c2nc(=O)n3c4nc(c(F)cc24)-c2c(F)cccc2CN(C)CCc2ccnc(C(C)C)c2-3)[C@@H](C)C1. The molecule has 1 atom stereocenters. The summed E-state index contributed by atoms with van der Waals surface area (Å²) in [5, 5.41) is 0.317. The van der Waals surface area contributed by atoms with Crippen LogP contribution in [0.2, 0.25) is 0 Å². The highest BCUT2D eigenvalue weighted by Gasteiger charge is 2.31. The van der Waals surface area contributed by atoms with Crippen molar-refractivity contribution < 1.29 is 13.6 Å². The quantitative estimate of drug-likeness (QED) is 0.322. The molecule has 0 N–H and O–H groups in total. The Morgan fingerprint density at radius 3 is 2.61 bits per heavy atom. The van der Waals surface area contributed by atoms with Crippen LogP contribution in [0, 0.1) is 11.6 Å². The van der Waals surface area contributed by atoms with Crippen molar-refractivity contribution in [3.05, 3.63) is 88.1 Å². The summed E-state index contributed by atoms with van der Waals surface area (Å²) in [4.78, 5) is 46.1. The van der Waals surface area contributed by atoms with Gasteiger partial charge in [-0.15, -0.1) is 0 Å². The first-order chi connectivity index (χ1) is 21.1. The lowest BCUT2D eigenvalue weighted by atomic mass is 9.99. The van der Waals surface area contributed by atoms with E-state index in [1.165, 1.54) is 22.8 Å². The minimum Gasteiger partial charge on any atom is -0.350 e. The van der Waals surface area contributed by atoms with Crippen molar-refractivity contribution in [2.45, 2.75) is 45.7 Å². The van der Waals surface area contributed by atoms with Gasteiger partial charge in [0, 0.05) is 50.5 Å². The third-order valence-corrected chi connectivity index (χ3v) is 8.53. The lowest BCUT2D eigenvalue weighted by Crippen LogP contribution is -2.54. The average Bonchev–Trinajstić information content (AvgIpc) is 2.99. The summed E-state index contributed by atoms with van der Waals surface area (Å²) in [5.41, 5.74) is 2.20. The number of carbonyl (C=O) groups excluding carboxylic acids is 1. The molecule has 6 rings (SSSR count). The number of likely N-dealkylation sites (N-methyl/N-ethyl adjacent to an activating group) is 1. The minimum absolute atomic E-state index is 0.0502. The molecular weight excluding hydrogens is 564 g/mol. The number of nitrogens with zero attached hydrogens (tertiary/aromatic N) is 7. The Balaban J connectivity index is 1.69. The van der Waals surface area contributed by atoms with E-state index in [1.54, 1.807) is 23.2 Å². The maximum Gasteiger partial charge on any atom is 0.355 e. The number of hydrogen-bond acceptors (Lipinski definition) is 7. The molecule has 1 aromatic carbocycles. The summed E-state index contributed by atoms with van der Waals surface area (Å²) in [5.74, 6) is -1.27. The second-order valence-electron chi connectivity index (χ2n) is 11.9. The molecule has 0 radical (unpaired) electrons. The number of fused-ring (bicyclic) bond motifs is 5. The first-order valence-corrected chi connectivity index (χ1v) is 14.8. The number of rotatable bonds is 3. The van der Waals surface area contributed by atoms with Crippen LogP contribution < -0.4 is 10.6 Å². The fourth-order valence-electron chi connectivity index (χ4n) is 6.34. The van der Waals surface area contributed by atoms with Crippen LogP contribution in [0.3, 0.4) is 0 Å². The maximum atomic E-state index is 16.2. The van der Waals surface area contributed by atoms with E-state index in [-0.39, 0.29) is 40.6 Å². The zero-order valence-electron chi connectivity index (χ0n) is 25.3. The first-order valence-electron chi connectivity index (χ1n) is 14.8. The molecule has 0 aliphatic carbocycles. The van der Waals surface area contributed by atoms with Crippen LogP contribution in [0.25, 0.3) is 28.0 Å². The third kappa shape index (κ3) is 5.04. The summed E-state index contributed by atoms with van der Waals surface area (Å²) >= 11 is 0. The smallest absolute Gasteiger partial charge is 0.350 e. The van der Waals surface area contributed by atoms with Crippen molar-refractivity contribution in [2.75, 3.05) is 38.1 Å². The van der Waals surface area contributed by atoms with E-state index in [1.807, 2.05) is 43.7 Å². The van der Waals surface area contributed by atoms with E-state index in [0.29, 0.717) is 61.5 Å². The van der Waals surface area contributed by atoms with Crippen molar-refractivity contribution >= 4 is 22.8 Å². The zero-order valence-corrected chi connectivity index (χ0v) is 25.3. The lowest BCUT2D eigenvalue weighted by molar-refractivity contribution is -0.126. The number of halogens is 2. The van der Waals surface area contributed by atoms with Gasteiger partial charge in [-0.3, -0.25) is 9.78 Å². The number of aromatic nitrogens is 4. The van der Waals surface area contributed by atoms with Gasteiger partial charge in [0.05, 0.1) is 16.8 Å². The van der Waals surface area contributed by atoms with Crippen LogP contribution in [0.1, 0.15) is 43.5 Å². The Morgan fingerprint density at radius 2 is 1.89 bits per heavy atom. The van der Waals surface area contributed by atoms with Crippen LogP contribution in [0.15, 0.2) is 54.0 Å². The Labute approximate surface area is 254 Å². The third-order valence-electron chi connectivity index (χ3n) is 8.53. The number of benzene rings is 1. The summed E-state index contributed by atoms with van der Waals surface area (Å²) in [6.45, 7) is 11.6. The van der Waals surface area contributed by atoms with Crippen molar-refractivity contribution in [1.29, 1.82) is 0 Å². The molecule has 2 aliphatic heterocycles. The molecule has 1 fully saturated rings. The summed E-state index contributed by atoms with van der Waals surface area (Å²) < 4.78 is 33.2. The molecule has 1 saturated heterocycles. The molecule has 0 spiro atoms. The topological polar surface area (TPSA) is 87.5 Å². The van der Waals surface area contributed by atoms with E-state index in [4.69, 9.17) is 4.98 Å². The Bertz CT molecular complexity index is 1850. The van der Waals surface area contributed by atoms with E-state index >= 15 is 8.78 Å². The van der Waals surface area contributed by atoms with Crippen LogP contribution in [0.5, 0.6) is 0 Å². The van der Waals surface area contributed by atoms with Gasteiger partial charge >= 0.3 is 5.69 Å². The van der Waals surface area contributed by atoms with Gasteiger partial charge in [0.2, 0.25) is 5.91 Å². The molecule has 44 heavy (non-hydrogen) atoms. The van der Waals surface area contributed by atoms with Gasteiger partial charge in [0.25, 0.3) is 0 Å². The average molecular weight is 600 g/mol. The molecule has 11 heteroatoms. The highest BCUT2D eigenvalue weighted by molar-refractivity contribution is 5.91. The van der Waals surface area contributed by atoms with Crippen LogP contribution in [-0.2, 0) is 17.8 Å². The minimum atomic E-state index is -0.722. The molecule has 228 valence electrons. The zero-order chi connectivity index (χ0) is 31.3.